The van der Waals surface area contributed by atoms with Gasteiger partial charge in [0.05, 0.1) is 0 Å². The van der Waals surface area contributed by atoms with E-state index in [1.54, 1.807) is 0 Å². The van der Waals surface area contributed by atoms with Crippen molar-refractivity contribution in [1.82, 2.24) is 9.88 Å². The fourth-order valence-corrected chi connectivity index (χ4v) is 4.40. The SMILES string of the molecule is CC.CC.Cn1c2c(c3ccccc31)C1C(=O)NC(=O)C1[CH-]C2c1[c-]cccc1.[Y]. The van der Waals surface area contributed by atoms with E-state index in [2.05, 4.69) is 22.0 Å². The van der Waals surface area contributed by atoms with Crippen LogP contribution in [-0.2, 0) is 49.3 Å². The molecule has 2 amide bonds. The Labute approximate surface area is 204 Å². The van der Waals surface area contributed by atoms with Crippen molar-refractivity contribution in [2.45, 2.75) is 39.5 Å². The predicted molar refractivity (Wildman–Crippen MR) is 116 cm³/mol. The summed E-state index contributed by atoms with van der Waals surface area (Å²) in [6.07, 6.45) is 2.01. The Hall–Kier alpha value is -1.78. The number of aryl methyl sites for hydroxylation is 1. The summed E-state index contributed by atoms with van der Waals surface area (Å²) in [5, 5.41) is 3.57. The number of imide groups is 1. The summed E-state index contributed by atoms with van der Waals surface area (Å²) in [7, 11) is 2.03. The molecule has 0 saturated carbocycles. The standard InChI is InChI=1S/C21H16N2O2.2C2H6.Y/c1-23-16-10-6-5-9-13(16)17-18-15(20(24)22-21(18)25)11-14(19(17)23)12-7-3-2-4-8-12;2*1-2;/h2-7,9-11,14-15,18H,1H3,(H,22,24,25);2*1-2H3;/q-2;;;. The van der Waals surface area contributed by atoms with E-state index in [-0.39, 0.29) is 50.4 Å². The third-order valence-corrected chi connectivity index (χ3v) is 5.46. The predicted octanol–water partition coefficient (Wildman–Crippen LogP) is 4.73. The number of amides is 2. The molecule has 5 rings (SSSR count). The largest absolute Gasteiger partial charge is 0.349 e. The van der Waals surface area contributed by atoms with Crippen LogP contribution in [0.4, 0.5) is 0 Å². The number of hydrogen-bond donors (Lipinski definition) is 1. The zero-order valence-corrected chi connectivity index (χ0v) is 21.1. The van der Waals surface area contributed by atoms with Gasteiger partial charge in [0.1, 0.15) is 0 Å². The third kappa shape index (κ3) is 3.92. The van der Waals surface area contributed by atoms with E-state index in [9.17, 15) is 9.59 Å². The van der Waals surface area contributed by atoms with E-state index in [1.165, 1.54) is 0 Å². The first-order valence-electron chi connectivity index (χ1n) is 10.4. The molecule has 3 atom stereocenters. The molecule has 1 aromatic heterocycles. The second kappa shape index (κ2) is 10.5. The van der Waals surface area contributed by atoms with Crippen LogP contribution in [0.2, 0.25) is 0 Å². The van der Waals surface area contributed by atoms with Crippen LogP contribution in [0.15, 0.2) is 48.5 Å². The number of nitrogens with zero attached hydrogens (tertiary/aromatic N) is 1. The quantitative estimate of drug-likeness (QED) is 0.407. The van der Waals surface area contributed by atoms with Crippen molar-refractivity contribution in [2.75, 3.05) is 0 Å². The van der Waals surface area contributed by atoms with E-state index in [0.717, 1.165) is 27.7 Å². The summed E-state index contributed by atoms with van der Waals surface area (Å²) in [5.41, 5.74) is 4.15. The van der Waals surface area contributed by atoms with Gasteiger partial charge in [-0.25, -0.2) is 0 Å². The number of nitrogens with one attached hydrogen (secondary N) is 1. The number of carbonyl (C=O) groups is 2. The molecule has 2 heterocycles. The molecule has 155 valence electrons. The first-order chi connectivity index (χ1) is 14.2. The molecule has 2 aromatic carbocycles. The maximum absolute atomic E-state index is 12.5. The minimum atomic E-state index is -0.437. The molecule has 4 nitrogen and oxygen atoms in total. The molecule has 0 spiro atoms. The Morgan fingerprint density at radius 2 is 1.63 bits per heavy atom. The number of fused-ring (bicyclic) bond motifs is 5. The van der Waals surface area contributed by atoms with Crippen LogP contribution < -0.4 is 5.32 Å². The summed E-state index contributed by atoms with van der Waals surface area (Å²) in [5.74, 6) is -1.32. The Morgan fingerprint density at radius 3 is 2.30 bits per heavy atom. The van der Waals surface area contributed by atoms with E-state index in [4.69, 9.17) is 0 Å². The molecule has 1 N–H and O–H groups in total. The van der Waals surface area contributed by atoms with Crippen molar-refractivity contribution in [3.8, 4) is 0 Å². The molecule has 1 saturated heterocycles. The fourth-order valence-electron chi connectivity index (χ4n) is 4.40. The topological polar surface area (TPSA) is 51.1 Å². The number of para-hydroxylation sites is 1. The summed E-state index contributed by atoms with van der Waals surface area (Å²) in [4.78, 5) is 24.9. The molecule has 0 bridgehead atoms. The molecule has 5 heteroatoms. The van der Waals surface area contributed by atoms with Gasteiger partial charge in [0.25, 0.3) is 0 Å². The number of carbonyl (C=O) groups excluding carboxylic acids is 2. The molecule has 1 radical (unpaired) electrons. The molecule has 1 fully saturated rings. The van der Waals surface area contributed by atoms with Crippen molar-refractivity contribution >= 4 is 22.7 Å². The van der Waals surface area contributed by atoms with Gasteiger partial charge in [-0.1, -0.05) is 51.8 Å². The van der Waals surface area contributed by atoms with Gasteiger partial charge in [0.15, 0.2) is 0 Å². The van der Waals surface area contributed by atoms with Crippen molar-refractivity contribution < 1.29 is 42.3 Å². The van der Waals surface area contributed by atoms with Crippen LogP contribution >= 0.6 is 0 Å². The Balaban J connectivity index is 0.000000607. The van der Waals surface area contributed by atoms with Crippen LogP contribution in [0, 0.1) is 18.4 Å². The molecule has 1 aliphatic carbocycles. The second-order valence-electron chi connectivity index (χ2n) is 6.72. The molecule has 30 heavy (non-hydrogen) atoms. The van der Waals surface area contributed by atoms with Gasteiger partial charge in [-0.15, -0.1) is 5.92 Å². The van der Waals surface area contributed by atoms with Crippen LogP contribution in [0.5, 0.6) is 0 Å². The van der Waals surface area contributed by atoms with Gasteiger partial charge in [-0.3, -0.25) is 14.9 Å². The first-order valence-corrected chi connectivity index (χ1v) is 10.4. The molecule has 3 aromatic rings. The van der Waals surface area contributed by atoms with Crippen LogP contribution in [-0.4, -0.2) is 16.4 Å². The van der Waals surface area contributed by atoms with Crippen molar-refractivity contribution in [1.29, 1.82) is 0 Å². The van der Waals surface area contributed by atoms with E-state index in [1.807, 2.05) is 83.6 Å². The first kappa shape index (κ1) is 24.5. The number of benzene rings is 2. The molecule has 3 unspecified atom stereocenters. The van der Waals surface area contributed by atoms with Crippen LogP contribution in [0.1, 0.15) is 56.4 Å². The maximum atomic E-state index is 12.5. The summed E-state index contributed by atoms with van der Waals surface area (Å²) >= 11 is 0. The smallest absolute Gasteiger partial charge is 0.232 e. The maximum Gasteiger partial charge on any atom is 0.232 e. The monoisotopic (exact) mass is 477 g/mol. The second-order valence-corrected chi connectivity index (χ2v) is 6.72. The van der Waals surface area contributed by atoms with E-state index < -0.39 is 11.8 Å². The average Bonchev–Trinajstić information content (AvgIpc) is 3.25. The normalized spacial score (nSPS) is 21.2. The van der Waals surface area contributed by atoms with E-state index >= 15 is 0 Å². The van der Waals surface area contributed by atoms with Gasteiger partial charge in [-0.05, 0) is 17.3 Å². The average molecular weight is 477 g/mol. The number of aromatic nitrogens is 1. The Kier molecular flexibility index (Phi) is 8.57. The van der Waals surface area contributed by atoms with Crippen LogP contribution in [0.25, 0.3) is 10.9 Å². The van der Waals surface area contributed by atoms with Gasteiger partial charge >= 0.3 is 0 Å². The van der Waals surface area contributed by atoms with Gasteiger partial charge in [-0.2, -0.15) is 35.9 Å². The third-order valence-electron chi connectivity index (χ3n) is 5.46. The molecular weight excluding hydrogens is 449 g/mol. The van der Waals surface area contributed by atoms with Gasteiger partial charge in [0.2, 0.25) is 11.8 Å². The van der Waals surface area contributed by atoms with Crippen molar-refractivity contribution in [2.24, 2.45) is 13.0 Å². The zero-order chi connectivity index (χ0) is 21.1. The molecule has 2 aliphatic rings. The van der Waals surface area contributed by atoms with Gasteiger partial charge < -0.3 is 11.0 Å². The minimum Gasteiger partial charge on any atom is -0.349 e. The number of hydrogen-bond acceptors (Lipinski definition) is 2. The fraction of sp³-hybridized carbons (Fsp3) is 0.320. The van der Waals surface area contributed by atoms with Crippen molar-refractivity contribution in [3.05, 3.63) is 77.8 Å². The summed E-state index contributed by atoms with van der Waals surface area (Å²) in [6.45, 7) is 8.00. The van der Waals surface area contributed by atoms with Crippen LogP contribution in [0.3, 0.4) is 0 Å². The summed E-state index contributed by atoms with van der Waals surface area (Å²) in [6, 6.07) is 19.2. The Morgan fingerprint density at radius 1 is 0.967 bits per heavy atom. The van der Waals surface area contributed by atoms with Gasteiger partial charge in [0, 0.05) is 56.6 Å². The molecular formula is C25H28N2O2Y-2. The van der Waals surface area contributed by atoms with Crippen molar-refractivity contribution in [3.63, 3.8) is 0 Å². The minimum absolute atomic E-state index is 0. The summed E-state index contributed by atoms with van der Waals surface area (Å²) < 4.78 is 2.15. The zero-order valence-electron chi connectivity index (χ0n) is 18.3. The Bertz CT molecular complexity index is 1030. The van der Waals surface area contributed by atoms with E-state index in [0.29, 0.717) is 0 Å². The molecule has 1 aliphatic heterocycles. The number of rotatable bonds is 1.